The lowest BCUT2D eigenvalue weighted by Crippen LogP contribution is -2.46. The highest BCUT2D eigenvalue weighted by atomic mass is 32.1. The lowest BCUT2D eigenvalue weighted by Gasteiger charge is -2.21. The number of ether oxygens (including phenoxy) is 2. The lowest BCUT2D eigenvalue weighted by atomic mass is 10.0. The molecule has 0 aliphatic rings. The predicted octanol–water partition coefficient (Wildman–Crippen LogP) is 1.74. The minimum absolute atomic E-state index is 0.105. The van der Waals surface area contributed by atoms with Crippen LogP contribution in [-0.4, -0.2) is 31.2 Å². The smallest absolute Gasteiger partial charge is 0.255 e. The Kier molecular flexibility index (Phi) is 5.76. The van der Waals surface area contributed by atoms with Crippen molar-refractivity contribution in [2.24, 2.45) is 11.7 Å². The Morgan fingerprint density at radius 1 is 1.30 bits per heavy atom. The van der Waals surface area contributed by atoms with E-state index in [0.29, 0.717) is 17.1 Å². The van der Waals surface area contributed by atoms with Gasteiger partial charge in [0.2, 0.25) is 0 Å². The van der Waals surface area contributed by atoms with E-state index < -0.39 is 0 Å². The van der Waals surface area contributed by atoms with E-state index in [1.54, 1.807) is 18.2 Å². The summed E-state index contributed by atoms with van der Waals surface area (Å²) in [5.41, 5.74) is 6.03. The minimum Gasteiger partial charge on any atom is -0.497 e. The quantitative estimate of drug-likeness (QED) is 0.782. The van der Waals surface area contributed by atoms with Crippen LogP contribution in [0.4, 0.5) is 0 Å². The molecule has 0 spiro atoms. The van der Waals surface area contributed by atoms with Crippen LogP contribution in [0.2, 0.25) is 0 Å². The summed E-state index contributed by atoms with van der Waals surface area (Å²) in [6.07, 6.45) is 0. The van der Waals surface area contributed by atoms with Crippen molar-refractivity contribution < 1.29 is 14.3 Å². The van der Waals surface area contributed by atoms with Gasteiger partial charge in [0.25, 0.3) is 5.91 Å². The van der Waals surface area contributed by atoms with E-state index in [2.05, 4.69) is 5.32 Å². The molecule has 110 valence electrons. The van der Waals surface area contributed by atoms with Crippen LogP contribution in [0.3, 0.4) is 0 Å². The standard InChI is InChI=1S/C14H20N2O3S/c1-8(2)12(13(15)20)16-14(17)10-7-9(18-3)5-6-11(10)19-4/h5-8,12H,1-4H3,(H2,15,20)(H,16,17). The summed E-state index contributed by atoms with van der Waals surface area (Å²) in [7, 11) is 3.04. The molecule has 0 aromatic heterocycles. The molecule has 0 saturated carbocycles. The Labute approximate surface area is 124 Å². The summed E-state index contributed by atoms with van der Waals surface area (Å²) in [6, 6.07) is 4.65. The molecule has 20 heavy (non-hydrogen) atoms. The third-order valence-corrected chi connectivity index (χ3v) is 3.16. The molecule has 1 rings (SSSR count). The monoisotopic (exact) mass is 296 g/mol. The second-order valence-electron chi connectivity index (χ2n) is 4.66. The topological polar surface area (TPSA) is 73.6 Å². The summed E-state index contributed by atoms with van der Waals surface area (Å²) in [5.74, 6) is 0.849. The molecular weight excluding hydrogens is 276 g/mol. The second-order valence-corrected chi connectivity index (χ2v) is 5.14. The molecule has 0 aliphatic carbocycles. The van der Waals surface area contributed by atoms with Gasteiger partial charge in [0.1, 0.15) is 11.5 Å². The molecular formula is C14H20N2O3S. The van der Waals surface area contributed by atoms with Crippen molar-refractivity contribution in [3.8, 4) is 11.5 Å². The minimum atomic E-state index is -0.367. The summed E-state index contributed by atoms with van der Waals surface area (Å²) < 4.78 is 10.3. The van der Waals surface area contributed by atoms with Crippen LogP contribution in [0.1, 0.15) is 24.2 Å². The van der Waals surface area contributed by atoms with Crippen molar-refractivity contribution in [1.82, 2.24) is 5.32 Å². The van der Waals surface area contributed by atoms with E-state index in [1.807, 2.05) is 13.8 Å². The third-order valence-electron chi connectivity index (χ3n) is 2.91. The highest BCUT2D eigenvalue weighted by molar-refractivity contribution is 7.80. The zero-order valence-electron chi connectivity index (χ0n) is 12.1. The van der Waals surface area contributed by atoms with Gasteiger partial charge in [-0.1, -0.05) is 26.1 Å². The number of carbonyl (C=O) groups is 1. The van der Waals surface area contributed by atoms with E-state index in [0.717, 1.165) is 0 Å². The van der Waals surface area contributed by atoms with Gasteiger partial charge < -0.3 is 20.5 Å². The normalized spacial score (nSPS) is 11.8. The number of hydrogen-bond acceptors (Lipinski definition) is 4. The average molecular weight is 296 g/mol. The predicted molar refractivity (Wildman–Crippen MR) is 82.4 cm³/mol. The highest BCUT2D eigenvalue weighted by Gasteiger charge is 2.22. The molecule has 6 heteroatoms. The van der Waals surface area contributed by atoms with Gasteiger partial charge in [-0.3, -0.25) is 4.79 Å². The first-order valence-corrected chi connectivity index (χ1v) is 6.63. The zero-order valence-corrected chi connectivity index (χ0v) is 12.9. The van der Waals surface area contributed by atoms with Crippen LogP contribution < -0.4 is 20.5 Å². The summed E-state index contributed by atoms with van der Waals surface area (Å²) in [6.45, 7) is 3.87. The molecule has 0 saturated heterocycles. The number of thiocarbonyl (C=S) groups is 1. The number of nitrogens with one attached hydrogen (secondary N) is 1. The first kappa shape index (κ1) is 16.2. The third kappa shape index (κ3) is 3.84. The van der Waals surface area contributed by atoms with E-state index >= 15 is 0 Å². The van der Waals surface area contributed by atoms with Gasteiger partial charge in [0.15, 0.2) is 0 Å². The fraction of sp³-hybridized carbons (Fsp3) is 0.429. The van der Waals surface area contributed by atoms with Gasteiger partial charge >= 0.3 is 0 Å². The van der Waals surface area contributed by atoms with Crippen LogP contribution in [-0.2, 0) is 0 Å². The Bertz CT molecular complexity index is 503. The number of benzene rings is 1. The molecule has 0 heterocycles. The Morgan fingerprint density at radius 2 is 1.95 bits per heavy atom. The van der Waals surface area contributed by atoms with E-state index in [4.69, 9.17) is 27.4 Å². The number of rotatable bonds is 6. The van der Waals surface area contributed by atoms with Gasteiger partial charge in [-0.05, 0) is 24.1 Å². The van der Waals surface area contributed by atoms with Gasteiger partial charge in [0, 0.05) is 0 Å². The van der Waals surface area contributed by atoms with Crippen molar-refractivity contribution in [2.75, 3.05) is 14.2 Å². The fourth-order valence-electron chi connectivity index (χ4n) is 1.78. The Morgan fingerprint density at radius 3 is 2.40 bits per heavy atom. The number of methoxy groups -OCH3 is 2. The van der Waals surface area contributed by atoms with Crippen molar-refractivity contribution in [2.45, 2.75) is 19.9 Å². The van der Waals surface area contributed by atoms with Crippen LogP contribution in [0.15, 0.2) is 18.2 Å². The molecule has 0 radical (unpaired) electrons. The molecule has 1 aromatic carbocycles. The molecule has 0 fully saturated rings. The molecule has 1 atom stereocenters. The van der Waals surface area contributed by atoms with Gasteiger partial charge in [-0.15, -0.1) is 0 Å². The van der Waals surface area contributed by atoms with Crippen LogP contribution in [0.25, 0.3) is 0 Å². The summed E-state index contributed by atoms with van der Waals surface area (Å²) in [5, 5.41) is 2.82. The van der Waals surface area contributed by atoms with Crippen molar-refractivity contribution >= 4 is 23.1 Å². The van der Waals surface area contributed by atoms with E-state index in [1.165, 1.54) is 14.2 Å². The zero-order chi connectivity index (χ0) is 15.3. The van der Waals surface area contributed by atoms with Gasteiger partial charge in [0.05, 0.1) is 30.8 Å². The van der Waals surface area contributed by atoms with Crippen molar-refractivity contribution in [3.63, 3.8) is 0 Å². The largest absolute Gasteiger partial charge is 0.497 e. The van der Waals surface area contributed by atoms with Crippen LogP contribution in [0.5, 0.6) is 11.5 Å². The number of nitrogens with two attached hydrogens (primary N) is 1. The molecule has 1 amide bonds. The summed E-state index contributed by atoms with van der Waals surface area (Å²) in [4.78, 5) is 12.6. The van der Waals surface area contributed by atoms with E-state index in [9.17, 15) is 4.79 Å². The maximum atomic E-state index is 12.4. The maximum Gasteiger partial charge on any atom is 0.255 e. The van der Waals surface area contributed by atoms with Gasteiger partial charge in [-0.25, -0.2) is 0 Å². The fourth-order valence-corrected chi connectivity index (χ4v) is 2.11. The molecule has 1 unspecified atom stereocenters. The summed E-state index contributed by atoms with van der Waals surface area (Å²) >= 11 is 4.98. The van der Waals surface area contributed by atoms with Crippen molar-refractivity contribution in [1.29, 1.82) is 0 Å². The SMILES string of the molecule is COc1ccc(OC)c(C(=O)NC(C(N)=S)C(C)C)c1. The molecule has 1 aromatic rings. The number of amides is 1. The molecule has 5 nitrogen and oxygen atoms in total. The highest BCUT2D eigenvalue weighted by Crippen LogP contribution is 2.24. The number of hydrogen-bond donors (Lipinski definition) is 2. The lowest BCUT2D eigenvalue weighted by molar-refractivity contribution is 0.0936. The van der Waals surface area contributed by atoms with Crippen LogP contribution >= 0.6 is 12.2 Å². The van der Waals surface area contributed by atoms with Crippen LogP contribution in [0, 0.1) is 5.92 Å². The number of carbonyl (C=O) groups excluding carboxylic acids is 1. The van der Waals surface area contributed by atoms with Crippen molar-refractivity contribution in [3.05, 3.63) is 23.8 Å². The molecule has 0 bridgehead atoms. The Balaban J connectivity index is 3.04. The van der Waals surface area contributed by atoms with E-state index in [-0.39, 0.29) is 22.9 Å². The second kappa shape index (κ2) is 7.09. The maximum absolute atomic E-state index is 12.4. The first-order chi connectivity index (χ1) is 9.40. The molecule has 3 N–H and O–H groups in total. The van der Waals surface area contributed by atoms with Gasteiger partial charge in [-0.2, -0.15) is 0 Å². The Hall–Kier alpha value is -1.82. The average Bonchev–Trinajstić information content (AvgIpc) is 2.42. The molecule has 0 aliphatic heterocycles. The first-order valence-electron chi connectivity index (χ1n) is 6.23.